The van der Waals surface area contributed by atoms with Crippen molar-refractivity contribution in [3.8, 4) is 0 Å². The van der Waals surface area contributed by atoms with E-state index < -0.39 is 11.2 Å². The Morgan fingerprint density at radius 1 is 1.00 bits per heavy atom. The molecule has 0 bridgehead atoms. The number of likely N-dealkylation sites (tertiary alicyclic amines) is 1. The summed E-state index contributed by atoms with van der Waals surface area (Å²) in [5, 5.41) is 0. The molecule has 0 aromatic carbocycles. The normalized spacial score (nSPS) is 15.5. The first kappa shape index (κ1) is 24.2. The monoisotopic (exact) mass is 421 g/mol. The first-order valence-corrected chi connectivity index (χ1v) is 11.6. The van der Waals surface area contributed by atoms with E-state index in [1.54, 1.807) is 0 Å². The van der Waals surface area contributed by atoms with Crippen molar-refractivity contribution in [3.05, 3.63) is 20.8 Å². The molecule has 8 nitrogen and oxygen atoms in total. The zero-order valence-corrected chi connectivity index (χ0v) is 18.8. The highest BCUT2D eigenvalue weighted by Gasteiger charge is 2.23. The molecule has 8 heteroatoms. The molecule has 2 rings (SSSR count). The molecule has 30 heavy (non-hydrogen) atoms. The smallest absolute Gasteiger partial charge is 0.330 e. The fraction of sp³-hybridized carbons (Fsp3) is 0.773. The van der Waals surface area contributed by atoms with Gasteiger partial charge in [-0.25, -0.2) is 4.79 Å². The number of hydrogen-bond acceptors (Lipinski definition) is 5. The molecule has 1 saturated heterocycles. The summed E-state index contributed by atoms with van der Waals surface area (Å²) in [6.45, 7) is 7.90. The lowest BCUT2D eigenvalue weighted by Crippen LogP contribution is -2.41. The molecule has 1 aliphatic heterocycles. The largest absolute Gasteiger partial charge is 0.383 e. The number of nitrogens with zero attached hydrogens (tertiary/aromatic N) is 3. The molecule has 2 heterocycles. The zero-order chi connectivity index (χ0) is 21.9. The number of aromatic nitrogens is 2. The van der Waals surface area contributed by atoms with Gasteiger partial charge in [-0.3, -0.25) is 19.1 Å². The maximum absolute atomic E-state index is 13.0. The Kier molecular flexibility index (Phi) is 10.1. The van der Waals surface area contributed by atoms with Crippen molar-refractivity contribution in [1.29, 1.82) is 0 Å². The van der Waals surface area contributed by atoms with Gasteiger partial charge in [0.25, 0.3) is 5.56 Å². The number of aromatic amines is 1. The molecule has 0 radical (unpaired) electrons. The fourth-order valence-corrected chi connectivity index (χ4v) is 4.09. The minimum Gasteiger partial charge on any atom is -0.383 e. The Bertz CT molecular complexity index is 778. The third-order valence-corrected chi connectivity index (χ3v) is 5.78. The van der Waals surface area contributed by atoms with Gasteiger partial charge in [-0.2, -0.15) is 0 Å². The number of nitrogens with one attached hydrogen (secondary N) is 1. The molecule has 3 N–H and O–H groups in total. The van der Waals surface area contributed by atoms with E-state index in [9.17, 15) is 14.4 Å². The third kappa shape index (κ3) is 6.72. The highest BCUT2D eigenvalue weighted by atomic mass is 16.2. The number of carbonyl (C=O) groups excluding carboxylic acids is 1. The lowest BCUT2D eigenvalue weighted by molar-refractivity contribution is -0.118. The van der Waals surface area contributed by atoms with E-state index >= 15 is 0 Å². The second-order valence-corrected chi connectivity index (χ2v) is 8.26. The summed E-state index contributed by atoms with van der Waals surface area (Å²) in [6, 6.07) is 0. The van der Waals surface area contributed by atoms with E-state index in [-0.39, 0.29) is 17.4 Å². The van der Waals surface area contributed by atoms with Crippen LogP contribution in [0.5, 0.6) is 0 Å². The van der Waals surface area contributed by atoms with Crippen LogP contribution >= 0.6 is 0 Å². The topological polar surface area (TPSA) is 104 Å². The molecular weight excluding hydrogens is 382 g/mol. The Balaban J connectivity index is 2.11. The van der Waals surface area contributed by atoms with Crippen molar-refractivity contribution < 1.29 is 4.79 Å². The lowest BCUT2D eigenvalue weighted by atomic mass is 10.1. The number of rotatable bonds is 10. The van der Waals surface area contributed by atoms with Crippen LogP contribution in [0.2, 0.25) is 0 Å². The summed E-state index contributed by atoms with van der Waals surface area (Å²) < 4.78 is 1.37. The molecule has 1 aliphatic rings. The molecule has 0 atom stereocenters. The van der Waals surface area contributed by atoms with E-state index in [4.69, 9.17) is 5.73 Å². The van der Waals surface area contributed by atoms with E-state index in [2.05, 4.69) is 9.88 Å². The van der Waals surface area contributed by atoms with Crippen molar-refractivity contribution in [1.82, 2.24) is 14.5 Å². The second-order valence-electron chi connectivity index (χ2n) is 8.26. The van der Waals surface area contributed by atoms with Crippen LogP contribution in [0.3, 0.4) is 0 Å². The molecule has 0 unspecified atom stereocenters. The number of hydrogen-bond donors (Lipinski definition) is 2. The summed E-state index contributed by atoms with van der Waals surface area (Å²) in [5.41, 5.74) is 5.22. The zero-order valence-electron chi connectivity index (χ0n) is 18.8. The predicted octanol–water partition coefficient (Wildman–Crippen LogP) is 2.71. The van der Waals surface area contributed by atoms with Gasteiger partial charge in [-0.1, -0.05) is 39.5 Å². The molecule has 1 aromatic rings. The number of nitrogen functional groups attached to an aromatic ring is 1. The van der Waals surface area contributed by atoms with Crippen LogP contribution in [0.4, 0.5) is 11.5 Å². The van der Waals surface area contributed by atoms with Gasteiger partial charge in [0.15, 0.2) is 5.69 Å². The fourth-order valence-electron chi connectivity index (χ4n) is 4.09. The quantitative estimate of drug-likeness (QED) is 0.604. The standard InChI is InChI=1S/C22H39N5O3/c1-3-5-17-27-20(23)19(21(29)24-22(27)30)26(13-4-2)18(28)12-11-16-25-14-9-7-6-8-10-15-25/h3-17,23H2,1-2H3,(H,24,29,30). The van der Waals surface area contributed by atoms with Gasteiger partial charge in [0.2, 0.25) is 5.91 Å². The Morgan fingerprint density at radius 3 is 2.30 bits per heavy atom. The van der Waals surface area contributed by atoms with Gasteiger partial charge in [0.05, 0.1) is 0 Å². The van der Waals surface area contributed by atoms with E-state index in [1.807, 2.05) is 13.8 Å². The number of nitrogens with two attached hydrogens (primary N) is 1. The van der Waals surface area contributed by atoms with Crippen molar-refractivity contribution in [2.75, 3.05) is 36.8 Å². The van der Waals surface area contributed by atoms with Gasteiger partial charge in [-0.15, -0.1) is 0 Å². The third-order valence-electron chi connectivity index (χ3n) is 5.78. The van der Waals surface area contributed by atoms with Crippen LogP contribution in [0, 0.1) is 0 Å². The Hall–Kier alpha value is -2.09. The molecule has 170 valence electrons. The number of amides is 1. The summed E-state index contributed by atoms with van der Waals surface area (Å²) in [6.07, 6.45) is 9.84. The van der Waals surface area contributed by atoms with Crippen LogP contribution in [0.15, 0.2) is 9.59 Å². The van der Waals surface area contributed by atoms with Crippen LogP contribution in [-0.2, 0) is 11.3 Å². The van der Waals surface area contributed by atoms with Gasteiger partial charge in [-0.05, 0) is 51.7 Å². The summed E-state index contributed by atoms with van der Waals surface area (Å²) in [5.74, 6) is -0.0236. The molecule has 1 aromatic heterocycles. The Labute approximate surface area is 179 Å². The van der Waals surface area contributed by atoms with Crippen LogP contribution < -0.4 is 21.9 Å². The number of H-pyrrole nitrogens is 1. The summed E-state index contributed by atoms with van der Waals surface area (Å²) in [4.78, 5) is 44.0. The number of anilines is 2. The average Bonchev–Trinajstić information content (AvgIpc) is 2.68. The van der Waals surface area contributed by atoms with Crippen LogP contribution in [-0.4, -0.2) is 46.5 Å². The molecule has 0 aliphatic carbocycles. The predicted molar refractivity (Wildman–Crippen MR) is 122 cm³/mol. The molecular formula is C22H39N5O3. The lowest BCUT2D eigenvalue weighted by Gasteiger charge is -2.26. The van der Waals surface area contributed by atoms with Crippen LogP contribution in [0.1, 0.15) is 78.1 Å². The average molecular weight is 422 g/mol. The summed E-state index contributed by atoms with van der Waals surface area (Å²) >= 11 is 0. The van der Waals surface area contributed by atoms with Crippen molar-refractivity contribution >= 4 is 17.4 Å². The number of carbonyl (C=O) groups is 1. The highest BCUT2D eigenvalue weighted by Crippen LogP contribution is 2.19. The summed E-state index contributed by atoms with van der Waals surface area (Å²) in [7, 11) is 0. The second kappa shape index (κ2) is 12.6. The first-order chi connectivity index (χ1) is 14.5. The van der Waals surface area contributed by atoms with Crippen LogP contribution in [0.25, 0.3) is 0 Å². The SMILES string of the molecule is CCCCn1c(N)c(N(CCC)C(=O)CCCN2CCCCCCC2)c(=O)[nH]c1=O. The maximum Gasteiger partial charge on any atom is 0.330 e. The maximum atomic E-state index is 13.0. The van der Waals surface area contributed by atoms with E-state index in [1.165, 1.54) is 41.6 Å². The molecule has 0 saturated carbocycles. The van der Waals surface area contributed by atoms with Crippen molar-refractivity contribution in [2.24, 2.45) is 0 Å². The first-order valence-electron chi connectivity index (χ1n) is 11.6. The minimum atomic E-state index is -0.587. The minimum absolute atomic E-state index is 0.0859. The highest BCUT2D eigenvalue weighted by molar-refractivity contribution is 5.95. The number of unbranched alkanes of at least 4 members (excludes halogenated alkanes) is 1. The Morgan fingerprint density at radius 2 is 1.67 bits per heavy atom. The van der Waals surface area contributed by atoms with E-state index in [0.29, 0.717) is 25.9 Å². The van der Waals surface area contributed by atoms with E-state index in [0.717, 1.165) is 38.9 Å². The molecule has 1 amide bonds. The van der Waals surface area contributed by atoms with Crippen molar-refractivity contribution in [2.45, 2.75) is 84.6 Å². The van der Waals surface area contributed by atoms with Gasteiger partial charge in [0, 0.05) is 19.5 Å². The van der Waals surface area contributed by atoms with Gasteiger partial charge in [0.1, 0.15) is 5.82 Å². The van der Waals surface area contributed by atoms with Gasteiger partial charge < -0.3 is 15.5 Å². The molecule has 0 spiro atoms. The molecule has 1 fully saturated rings. The van der Waals surface area contributed by atoms with Gasteiger partial charge >= 0.3 is 5.69 Å². The van der Waals surface area contributed by atoms with Crippen molar-refractivity contribution in [3.63, 3.8) is 0 Å².